The number of carbonyl (C=O) groups excluding carboxylic acids is 2. The van der Waals surface area contributed by atoms with Gasteiger partial charge in [-0.15, -0.1) is 0 Å². The predicted octanol–water partition coefficient (Wildman–Crippen LogP) is 2.75. The van der Waals surface area contributed by atoms with Gasteiger partial charge in [0.05, 0.1) is 7.11 Å². The second-order valence-electron chi connectivity index (χ2n) is 6.30. The molecule has 1 aliphatic heterocycles. The van der Waals surface area contributed by atoms with E-state index in [1.807, 2.05) is 18.7 Å². The standard InChI is InChI=1S/C19H25NO5/c1-13-5-4-6-14(2)20(13)18(22)12-25-19(23)10-8-15-7-9-16(21)17(11-15)24-3/h7-11,13-14,21H,4-6,12H2,1-3H3/b10-8+. The van der Waals surface area contributed by atoms with Crippen LogP contribution < -0.4 is 4.74 Å². The van der Waals surface area contributed by atoms with Crippen LogP contribution in [0.4, 0.5) is 0 Å². The zero-order chi connectivity index (χ0) is 18.4. The van der Waals surface area contributed by atoms with Gasteiger partial charge in [0, 0.05) is 18.2 Å². The van der Waals surface area contributed by atoms with Gasteiger partial charge in [-0.2, -0.15) is 0 Å². The third kappa shape index (κ3) is 4.98. The first-order chi connectivity index (χ1) is 11.9. The highest BCUT2D eigenvalue weighted by molar-refractivity contribution is 5.89. The molecular weight excluding hydrogens is 322 g/mol. The highest BCUT2D eigenvalue weighted by atomic mass is 16.5. The van der Waals surface area contributed by atoms with Crippen molar-refractivity contribution in [1.29, 1.82) is 0 Å². The number of carbonyl (C=O) groups is 2. The summed E-state index contributed by atoms with van der Waals surface area (Å²) < 4.78 is 10.1. The van der Waals surface area contributed by atoms with E-state index in [1.54, 1.807) is 18.2 Å². The third-order valence-corrected chi connectivity index (χ3v) is 4.44. The highest BCUT2D eigenvalue weighted by Gasteiger charge is 2.29. The van der Waals surface area contributed by atoms with Crippen molar-refractivity contribution in [3.8, 4) is 11.5 Å². The van der Waals surface area contributed by atoms with Crippen LogP contribution in [0, 0.1) is 0 Å². The lowest BCUT2D eigenvalue weighted by Crippen LogP contribution is -2.49. The number of ether oxygens (including phenoxy) is 2. The molecule has 6 nitrogen and oxygen atoms in total. The number of phenolic OH excluding ortho intramolecular Hbond substituents is 1. The van der Waals surface area contributed by atoms with Gasteiger partial charge in [0.1, 0.15) is 0 Å². The van der Waals surface area contributed by atoms with Crippen LogP contribution in [0.25, 0.3) is 6.08 Å². The lowest BCUT2D eigenvalue weighted by molar-refractivity contribution is -0.151. The van der Waals surface area contributed by atoms with Crippen molar-refractivity contribution in [2.75, 3.05) is 13.7 Å². The average Bonchev–Trinajstić information content (AvgIpc) is 2.59. The second kappa shape index (κ2) is 8.55. The Hall–Kier alpha value is -2.50. The van der Waals surface area contributed by atoms with E-state index < -0.39 is 5.97 Å². The molecule has 0 radical (unpaired) electrons. The molecule has 1 aromatic rings. The minimum Gasteiger partial charge on any atom is -0.504 e. The van der Waals surface area contributed by atoms with E-state index in [1.165, 1.54) is 19.3 Å². The molecule has 0 aromatic heterocycles. The molecule has 1 fully saturated rings. The molecule has 0 saturated carbocycles. The fraction of sp³-hybridized carbons (Fsp3) is 0.474. The second-order valence-corrected chi connectivity index (χ2v) is 6.30. The van der Waals surface area contributed by atoms with Gasteiger partial charge in [-0.25, -0.2) is 4.79 Å². The lowest BCUT2D eigenvalue weighted by Gasteiger charge is -2.38. The predicted molar refractivity (Wildman–Crippen MR) is 94.3 cm³/mol. The van der Waals surface area contributed by atoms with E-state index in [4.69, 9.17) is 9.47 Å². The summed E-state index contributed by atoms with van der Waals surface area (Å²) in [5, 5.41) is 9.54. The molecule has 1 aromatic carbocycles. The zero-order valence-electron chi connectivity index (χ0n) is 14.9. The lowest BCUT2D eigenvalue weighted by atomic mass is 9.97. The molecule has 0 aliphatic carbocycles. The SMILES string of the molecule is COc1cc(/C=C/C(=O)OCC(=O)N2C(C)CCCC2C)ccc1O. The number of piperidine rings is 1. The number of benzene rings is 1. The van der Waals surface area contributed by atoms with E-state index in [2.05, 4.69) is 0 Å². The van der Waals surface area contributed by atoms with E-state index in [9.17, 15) is 14.7 Å². The summed E-state index contributed by atoms with van der Waals surface area (Å²) in [5.74, 6) is -0.401. The number of aromatic hydroxyl groups is 1. The monoisotopic (exact) mass is 347 g/mol. The number of hydrogen-bond acceptors (Lipinski definition) is 5. The van der Waals surface area contributed by atoms with Crippen LogP contribution in [0.3, 0.4) is 0 Å². The smallest absolute Gasteiger partial charge is 0.331 e. The summed E-state index contributed by atoms with van der Waals surface area (Å²) in [5.41, 5.74) is 0.677. The van der Waals surface area contributed by atoms with Gasteiger partial charge >= 0.3 is 5.97 Å². The Morgan fingerprint density at radius 2 is 1.96 bits per heavy atom. The molecule has 1 saturated heterocycles. The first-order valence-electron chi connectivity index (χ1n) is 8.45. The van der Waals surface area contributed by atoms with Gasteiger partial charge in [-0.1, -0.05) is 6.07 Å². The van der Waals surface area contributed by atoms with E-state index in [0.29, 0.717) is 11.3 Å². The Bertz CT molecular complexity index is 645. The number of amides is 1. The molecule has 136 valence electrons. The van der Waals surface area contributed by atoms with Gasteiger partial charge in [0.25, 0.3) is 5.91 Å². The topological polar surface area (TPSA) is 76.1 Å². The molecule has 0 bridgehead atoms. The van der Waals surface area contributed by atoms with Crippen LogP contribution in [0.2, 0.25) is 0 Å². The molecule has 25 heavy (non-hydrogen) atoms. The van der Waals surface area contributed by atoms with Gasteiger partial charge in [0.2, 0.25) is 0 Å². The maximum Gasteiger partial charge on any atom is 0.331 e. The fourth-order valence-corrected chi connectivity index (χ4v) is 3.13. The first kappa shape index (κ1) is 18.8. The van der Waals surface area contributed by atoms with Crippen LogP contribution in [-0.2, 0) is 14.3 Å². The van der Waals surface area contributed by atoms with Crippen molar-refractivity contribution in [3.63, 3.8) is 0 Å². The van der Waals surface area contributed by atoms with Crippen LogP contribution >= 0.6 is 0 Å². The van der Waals surface area contributed by atoms with E-state index >= 15 is 0 Å². The van der Waals surface area contributed by atoms with Gasteiger partial charge < -0.3 is 19.5 Å². The summed E-state index contributed by atoms with van der Waals surface area (Å²) in [6.45, 7) is 3.79. The number of rotatable bonds is 5. The van der Waals surface area contributed by atoms with Gasteiger partial charge in [-0.3, -0.25) is 4.79 Å². The normalized spacial score (nSPS) is 20.5. The fourth-order valence-electron chi connectivity index (χ4n) is 3.13. The van der Waals surface area contributed by atoms with Crippen LogP contribution in [0.15, 0.2) is 24.3 Å². The molecule has 0 spiro atoms. The average molecular weight is 347 g/mol. The molecular formula is C19H25NO5. The van der Waals surface area contributed by atoms with Crippen molar-refractivity contribution in [1.82, 2.24) is 4.90 Å². The number of nitrogens with zero attached hydrogens (tertiary/aromatic N) is 1. The zero-order valence-corrected chi connectivity index (χ0v) is 14.9. The molecule has 1 N–H and O–H groups in total. The molecule has 1 amide bonds. The number of hydrogen-bond donors (Lipinski definition) is 1. The Labute approximate surface area is 148 Å². The van der Waals surface area contributed by atoms with Crippen molar-refractivity contribution in [2.24, 2.45) is 0 Å². The molecule has 1 aliphatic rings. The Kier molecular flexibility index (Phi) is 6.44. The summed E-state index contributed by atoms with van der Waals surface area (Å²) in [7, 11) is 1.45. The molecule has 2 unspecified atom stereocenters. The number of methoxy groups -OCH3 is 1. The number of likely N-dealkylation sites (tertiary alicyclic amines) is 1. The molecule has 2 rings (SSSR count). The quantitative estimate of drug-likeness (QED) is 0.655. The summed E-state index contributed by atoms with van der Waals surface area (Å²) in [4.78, 5) is 25.9. The summed E-state index contributed by atoms with van der Waals surface area (Å²) in [6.07, 6.45) is 5.87. The summed E-state index contributed by atoms with van der Waals surface area (Å²) >= 11 is 0. The maximum absolute atomic E-state index is 12.3. The van der Waals surface area contributed by atoms with Crippen LogP contribution in [0.1, 0.15) is 38.7 Å². The van der Waals surface area contributed by atoms with E-state index in [-0.39, 0.29) is 30.3 Å². The van der Waals surface area contributed by atoms with Crippen molar-refractivity contribution >= 4 is 18.0 Å². The van der Waals surface area contributed by atoms with Gasteiger partial charge in [-0.05, 0) is 56.9 Å². The first-order valence-corrected chi connectivity index (χ1v) is 8.45. The molecule has 2 atom stereocenters. The largest absolute Gasteiger partial charge is 0.504 e. The molecule has 1 heterocycles. The van der Waals surface area contributed by atoms with Crippen molar-refractivity contribution in [3.05, 3.63) is 29.8 Å². The molecule has 6 heteroatoms. The summed E-state index contributed by atoms with van der Waals surface area (Å²) in [6, 6.07) is 5.07. The van der Waals surface area contributed by atoms with Crippen LogP contribution in [0.5, 0.6) is 11.5 Å². The van der Waals surface area contributed by atoms with Crippen molar-refractivity contribution < 1.29 is 24.2 Å². The number of esters is 1. The Morgan fingerprint density at radius 3 is 2.60 bits per heavy atom. The minimum absolute atomic E-state index is 0.0256. The van der Waals surface area contributed by atoms with E-state index in [0.717, 1.165) is 19.3 Å². The van der Waals surface area contributed by atoms with Gasteiger partial charge in [0.15, 0.2) is 18.1 Å². The Balaban J connectivity index is 1.88. The van der Waals surface area contributed by atoms with Crippen LogP contribution in [-0.4, -0.2) is 47.7 Å². The van der Waals surface area contributed by atoms with Crippen molar-refractivity contribution in [2.45, 2.75) is 45.2 Å². The third-order valence-electron chi connectivity index (χ3n) is 4.44. The maximum atomic E-state index is 12.3. The minimum atomic E-state index is -0.585. The highest BCUT2D eigenvalue weighted by Crippen LogP contribution is 2.26. The number of phenols is 1. The Morgan fingerprint density at radius 1 is 1.28 bits per heavy atom.